The predicted octanol–water partition coefficient (Wildman–Crippen LogP) is 2.87. The number of hydrogen-bond donors (Lipinski definition) is 1. The fraction of sp³-hybridized carbons (Fsp3) is 0.714. The lowest BCUT2D eigenvalue weighted by atomic mass is 9.92. The summed E-state index contributed by atoms with van der Waals surface area (Å²) in [6, 6.07) is 5.14. The molecule has 1 aliphatic heterocycles. The second kappa shape index (κ2) is 5.98. The Kier molecular flexibility index (Phi) is 4.60. The first-order valence-electron chi connectivity index (χ1n) is 6.74. The quantitative estimate of drug-likeness (QED) is 0.893. The lowest BCUT2D eigenvalue weighted by Gasteiger charge is -2.37. The summed E-state index contributed by atoms with van der Waals surface area (Å²) in [6.07, 6.45) is 3.74. The van der Waals surface area contributed by atoms with E-state index in [1.54, 1.807) is 0 Å². The molecule has 3 heteroatoms. The fourth-order valence-corrected chi connectivity index (χ4v) is 3.63. The average Bonchev–Trinajstić information content (AvgIpc) is 2.79. The van der Waals surface area contributed by atoms with Crippen molar-refractivity contribution in [3.8, 4) is 0 Å². The number of nitrogens with two attached hydrogens (primary N) is 1. The van der Waals surface area contributed by atoms with Gasteiger partial charge in [-0.3, -0.25) is 4.90 Å². The molecular weight excluding hydrogens is 228 g/mol. The van der Waals surface area contributed by atoms with E-state index in [9.17, 15) is 0 Å². The van der Waals surface area contributed by atoms with Crippen molar-refractivity contribution in [3.63, 3.8) is 0 Å². The molecule has 0 bridgehead atoms. The van der Waals surface area contributed by atoms with E-state index >= 15 is 0 Å². The monoisotopic (exact) mass is 252 g/mol. The maximum atomic E-state index is 5.90. The van der Waals surface area contributed by atoms with Gasteiger partial charge in [-0.1, -0.05) is 13.8 Å². The number of hydrogen-bond acceptors (Lipinski definition) is 3. The van der Waals surface area contributed by atoms with Crippen LogP contribution in [0, 0.1) is 5.92 Å². The van der Waals surface area contributed by atoms with E-state index in [-0.39, 0.29) is 0 Å². The van der Waals surface area contributed by atoms with Gasteiger partial charge in [0.1, 0.15) is 0 Å². The van der Waals surface area contributed by atoms with Crippen LogP contribution in [0.4, 0.5) is 0 Å². The van der Waals surface area contributed by atoms with Crippen LogP contribution >= 0.6 is 11.3 Å². The van der Waals surface area contributed by atoms with Gasteiger partial charge in [0, 0.05) is 28.9 Å². The molecule has 0 aliphatic carbocycles. The standard InChI is InChI=1S/C14H24N2S/c1-3-13-4-5-14(17-13)10-16-7-6-11(2)8-12(16)9-15/h4-5,11-12H,3,6-10,15H2,1-2H3. The van der Waals surface area contributed by atoms with Crippen molar-refractivity contribution in [1.29, 1.82) is 0 Å². The molecule has 2 N–H and O–H groups in total. The van der Waals surface area contributed by atoms with Gasteiger partial charge in [0.05, 0.1) is 0 Å². The molecule has 0 aromatic carbocycles. The normalized spacial score (nSPS) is 26.3. The Morgan fingerprint density at radius 2 is 2.18 bits per heavy atom. The molecule has 2 atom stereocenters. The molecule has 0 saturated carbocycles. The second-order valence-electron chi connectivity index (χ2n) is 5.21. The summed E-state index contributed by atoms with van der Waals surface area (Å²) in [5.74, 6) is 0.842. The highest BCUT2D eigenvalue weighted by Crippen LogP contribution is 2.26. The summed E-state index contributed by atoms with van der Waals surface area (Å²) >= 11 is 1.96. The van der Waals surface area contributed by atoms with Gasteiger partial charge in [-0.15, -0.1) is 11.3 Å². The maximum absolute atomic E-state index is 5.90. The van der Waals surface area contributed by atoms with Crippen molar-refractivity contribution in [2.75, 3.05) is 13.1 Å². The van der Waals surface area contributed by atoms with Gasteiger partial charge >= 0.3 is 0 Å². The largest absolute Gasteiger partial charge is 0.329 e. The van der Waals surface area contributed by atoms with Crippen LogP contribution in [-0.2, 0) is 13.0 Å². The molecule has 0 radical (unpaired) electrons. The summed E-state index contributed by atoms with van der Waals surface area (Å²) < 4.78 is 0. The minimum absolute atomic E-state index is 0.589. The summed E-state index contributed by atoms with van der Waals surface area (Å²) in [7, 11) is 0. The number of rotatable bonds is 4. The van der Waals surface area contributed by atoms with E-state index in [2.05, 4.69) is 30.9 Å². The molecule has 17 heavy (non-hydrogen) atoms. The highest BCUT2D eigenvalue weighted by Gasteiger charge is 2.25. The van der Waals surface area contributed by atoms with Crippen molar-refractivity contribution in [3.05, 3.63) is 21.9 Å². The van der Waals surface area contributed by atoms with Crippen molar-refractivity contribution in [2.24, 2.45) is 11.7 Å². The first kappa shape index (κ1) is 13.1. The molecule has 0 spiro atoms. The van der Waals surface area contributed by atoms with Crippen molar-refractivity contribution < 1.29 is 0 Å². The zero-order valence-electron chi connectivity index (χ0n) is 11.0. The van der Waals surface area contributed by atoms with Crippen LogP contribution in [0.5, 0.6) is 0 Å². The van der Waals surface area contributed by atoms with Crippen LogP contribution in [0.15, 0.2) is 12.1 Å². The SMILES string of the molecule is CCc1ccc(CN2CCC(C)CC2CN)s1. The highest BCUT2D eigenvalue weighted by molar-refractivity contribution is 7.11. The molecular formula is C14H24N2S. The highest BCUT2D eigenvalue weighted by atomic mass is 32.1. The summed E-state index contributed by atoms with van der Waals surface area (Å²) in [4.78, 5) is 5.56. The molecule has 1 aromatic heterocycles. The number of thiophene rings is 1. The maximum Gasteiger partial charge on any atom is 0.0331 e. The van der Waals surface area contributed by atoms with Crippen LogP contribution in [0.1, 0.15) is 36.4 Å². The van der Waals surface area contributed by atoms with Gasteiger partial charge in [0.2, 0.25) is 0 Å². The van der Waals surface area contributed by atoms with Crippen LogP contribution < -0.4 is 5.73 Å². The third-order valence-electron chi connectivity index (χ3n) is 3.80. The lowest BCUT2D eigenvalue weighted by molar-refractivity contribution is 0.116. The Morgan fingerprint density at radius 1 is 1.41 bits per heavy atom. The second-order valence-corrected chi connectivity index (χ2v) is 6.46. The van der Waals surface area contributed by atoms with Crippen molar-refractivity contribution in [2.45, 2.75) is 45.7 Å². The Hall–Kier alpha value is -0.380. The average molecular weight is 252 g/mol. The molecule has 2 heterocycles. The third-order valence-corrected chi connectivity index (χ3v) is 5.01. The zero-order chi connectivity index (χ0) is 12.3. The summed E-state index contributed by atoms with van der Waals surface area (Å²) in [5, 5.41) is 0. The predicted molar refractivity (Wildman–Crippen MR) is 75.3 cm³/mol. The molecule has 0 amide bonds. The topological polar surface area (TPSA) is 29.3 Å². The van der Waals surface area contributed by atoms with E-state index in [0.717, 1.165) is 25.4 Å². The first-order valence-corrected chi connectivity index (χ1v) is 7.56. The molecule has 1 aliphatic rings. The summed E-state index contributed by atoms with van der Waals surface area (Å²) in [6.45, 7) is 7.68. The Labute approximate surface area is 109 Å². The molecule has 2 unspecified atom stereocenters. The number of likely N-dealkylation sites (tertiary alicyclic amines) is 1. The van der Waals surface area contributed by atoms with Gasteiger partial charge in [0.25, 0.3) is 0 Å². The Bertz CT molecular complexity index is 348. The van der Waals surface area contributed by atoms with Gasteiger partial charge in [-0.25, -0.2) is 0 Å². The van der Waals surface area contributed by atoms with E-state index in [1.165, 1.54) is 29.1 Å². The number of piperidine rings is 1. The van der Waals surface area contributed by atoms with Gasteiger partial charge in [-0.2, -0.15) is 0 Å². The molecule has 96 valence electrons. The minimum Gasteiger partial charge on any atom is -0.329 e. The van der Waals surface area contributed by atoms with Gasteiger partial charge in [-0.05, 0) is 43.9 Å². The van der Waals surface area contributed by atoms with Crippen LogP contribution in [0.3, 0.4) is 0 Å². The van der Waals surface area contributed by atoms with Crippen molar-refractivity contribution >= 4 is 11.3 Å². The Balaban J connectivity index is 1.97. The third kappa shape index (κ3) is 3.30. The number of nitrogens with zero attached hydrogens (tertiary/aromatic N) is 1. The molecule has 2 rings (SSSR count). The van der Waals surface area contributed by atoms with Gasteiger partial charge in [0.15, 0.2) is 0 Å². The van der Waals surface area contributed by atoms with E-state index in [1.807, 2.05) is 11.3 Å². The molecule has 1 saturated heterocycles. The Morgan fingerprint density at radius 3 is 2.82 bits per heavy atom. The van der Waals surface area contributed by atoms with Crippen LogP contribution in [-0.4, -0.2) is 24.0 Å². The van der Waals surface area contributed by atoms with E-state index < -0.39 is 0 Å². The molecule has 2 nitrogen and oxygen atoms in total. The van der Waals surface area contributed by atoms with E-state index in [0.29, 0.717) is 6.04 Å². The van der Waals surface area contributed by atoms with E-state index in [4.69, 9.17) is 5.73 Å². The first-order chi connectivity index (χ1) is 8.22. The van der Waals surface area contributed by atoms with Crippen LogP contribution in [0.25, 0.3) is 0 Å². The minimum atomic E-state index is 0.589. The van der Waals surface area contributed by atoms with Gasteiger partial charge < -0.3 is 5.73 Å². The number of aryl methyl sites for hydroxylation is 1. The molecule has 1 fully saturated rings. The molecule has 1 aromatic rings. The smallest absolute Gasteiger partial charge is 0.0331 e. The fourth-order valence-electron chi connectivity index (χ4n) is 2.65. The zero-order valence-corrected chi connectivity index (χ0v) is 11.8. The van der Waals surface area contributed by atoms with Crippen molar-refractivity contribution in [1.82, 2.24) is 4.90 Å². The summed E-state index contributed by atoms with van der Waals surface area (Å²) in [5.41, 5.74) is 5.90. The van der Waals surface area contributed by atoms with Crippen LogP contribution in [0.2, 0.25) is 0 Å². The lowest BCUT2D eigenvalue weighted by Crippen LogP contribution is -2.45.